The van der Waals surface area contributed by atoms with E-state index in [4.69, 9.17) is 0 Å². The molecular weight excluding hydrogens is 511 g/mol. The van der Waals surface area contributed by atoms with E-state index < -0.39 is 10.0 Å². The summed E-state index contributed by atoms with van der Waals surface area (Å²) in [6, 6.07) is 15.5. The van der Waals surface area contributed by atoms with Crippen LogP contribution in [0.5, 0.6) is 0 Å². The highest BCUT2D eigenvalue weighted by Crippen LogP contribution is 2.20. The van der Waals surface area contributed by atoms with E-state index in [1.165, 1.54) is 11.1 Å². The Bertz CT molecular complexity index is 923. The van der Waals surface area contributed by atoms with E-state index in [0.29, 0.717) is 37.0 Å². The Hall–Kier alpha value is -1.65. The second kappa shape index (κ2) is 11.7. The Kier molecular flexibility index (Phi) is 9.57. The number of hydrogen-bond acceptors (Lipinski definition) is 3. The van der Waals surface area contributed by atoms with Crippen LogP contribution in [0.15, 0.2) is 58.4 Å². The van der Waals surface area contributed by atoms with Crippen molar-refractivity contribution in [3.63, 3.8) is 0 Å². The number of sulfonamides is 1. The quantitative estimate of drug-likeness (QED) is 0.332. The van der Waals surface area contributed by atoms with Gasteiger partial charge in [0.15, 0.2) is 5.96 Å². The molecule has 0 aliphatic carbocycles. The average molecular weight is 542 g/mol. The molecule has 0 amide bonds. The summed E-state index contributed by atoms with van der Waals surface area (Å²) in [5.41, 5.74) is 3.42. The topological polar surface area (TPSA) is 73.8 Å². The van der Waals surface area contributed by atoms with Crippen molar-refractivity contribution in [2.75, 3.05) is 20.1 Å². The van der Waals surface area contributed by atoms with Crippen LogP contribution in [0.25, 0.3) is 0 Å². The number of nitrogens with zero attached hydrogens (tertiary/aromatic N) is 2. The molecule has 2 N–H and O–H groups in total. The molecule has 1 heterocycles. The highest BCUT2D eigenvalue weighted by molar-refractivity contribution is 14.0. The van der Waals surface area contributed by atoms with Crippen LogP contribution in [-0.2, 0) is 23.1 Å². The van der Waals surface area contributed by atoms with Gasteiger partial charge in [0, 0.05) is 33.2 Å². The normalized spacial score (nSPS) is 15.3. The van der Waals surface area contributed by atoms with E-state index in [2.05, 4.69) is 46.8 Å². The molecule has 6 nitrogen and oxygen atoms in total. The zero-order valence-electron chi connectivity index (χ0n) is 17.6. The number of halogens is 1. The van der Waals surface area contributed by atoms with Crippen molar-refractivity contribution >= 4 is 40.0 Å². The molecule has 1 aliphatic heterocycles. The van der Waals surface area contributed by atoms with Crippen LogP contribution in [0.4, 0.5) is 0 Å². The molecule has 2 aromatic rings. The number of aryl methyl sites for hydroxylation is 1. The molecule has 1 aliphatic rings. The van der Waals surface area contributed by atoms with Crippen molar-refractivity contribution in [2.45, 2.75) is 44.2 Å². The maximum Gasteiger partial charge on any atom is 0.243 e. The molecule has 1 saturated heterocycles. The number of nitrogens with one attached hydrogen (secondary N) is 2. The fourth-order valence-corrected chi connectivity index (χ4v) is 4.85. The summed E-state index contributed by atoms with van der Waals surface area (Å²) in [5.74, 6) is 0.704. The lowest BCUT2D eigenvalue weighted by Crippen LogP contribution is -2.36. The van der Waals surface area contributed by atoms with Gasteiger partial charge in [0.25, 0.3) is 0 Å². The van der Waals surface area contributed by atoms with E-state index in [1.807, 2.05) is 12.1 Å². The Morgan fingerprint density at radius 2 is 1.40 bits per heavy atom. The zero-order chi connectivity index (χ0) is 20.7. The highest BCUT2D eigenvalue weighted by Gasteiger charge is 2.25. The Balaban J connectivity index is 0.00000320. The van der Waals surface area contributed by atoms with Crippen LogP contribution in [0.2, 0.25) is 0 Å². The van der Waals surface area contributed by atoms with Crippen LogP contribution < -0.4 is 10.6 Å². The van der Waals surface area contributed by atoms with Crippen LogP contribution in [0.3, 0.4) is 0 Å². The first-order chi connectivity index (χ1) is 14.0. The maximum atomic E-state index is 12.7. The summed E-state index contributed by atoms with van der Waals surface area (Å²) in [7, 11) is -1.65. The molecule has 0 saturated carbocycles. The second-order valence-corrected chi connectivity index (χ2v) is 9.31. The summed E-state index contributed by atoms with van der Waals surface area (Å²) in [6.45, 7) is 4.56. The number of guanidine groups is 1. The van der Waals surface area contributed by atoms with E-state index in [9.17, 15) is 8.42 Å². The minimum Gasteiger partial charge on any atom is -0.352 e. The third kappa shape index (κ3) is 6.68. The van der Waals surface area contributed by atoms with Gasteiger partial charge in [-0.2, -0.15) is 4.31 Å². The summed E-state index contributed by atoms with van der Waals surface area (Å²) < 4.78 is 27.1. The van der Waals surface area contributed by atoms with Gasteiger partial charge >= 0.3 is 0 Å². The molecule has 164 valence electrons. The lowest BCUT2D eigenvalue weighted by molar-refractivity contribution is 0.346. The van der Waals surface area contributed by atoms with Crippen molar-refractivity contribution in [2.24, 2.45) is 4.99 Å². The van der Waals surface area contributed by atoms with Crippen molar-refractivity contribution < 1.29 is 8.42 Å². The standard InChI is InChI=1S/C22H30N4O2S.HI/c1-18-6-8-19(9-7-18)16-24-22(23-2)25-17-20-10-12-21(13-11-20)29(27,28)26-14-4-3-5-15-26;/h6-13H,3-5,14-17H2,1-2H3,(H2,23,24,25);1H. The lowest BCUT2D eigenvalue weighted by Gasteiger charge is -2.25. The largest absolute Gasteiger partial charge is 0.352 e. The van der Waals surface area contributed by atoms with Gasteiger partial charge in [-0.3, -0.25) is 4.99 Å². The van der Waals surface area contributed by atoms with Gasteiger partial charge in [0.05, 0.1) is 4.90 Å². The molecule has 0 atom stereocenters. The summed E-state index contributed by atoms with van der Waals surface area (Å²) in [6.07, 6.45) is 2.99. The van der Waals surface area contributed by atoms with Gasteiger partial charge < -0.3 is 10.6 Å². The number of rotatable bonds is 6. The van der Waals surface area contributed by atoms with E-state index >= 15 is 0 Å². The van der Waals surface area contributed by atoms with Crippen LogP contribution in [0, 0.1) is 6.92 Å². The molecule has 0 aromatic heterocycles. The molecule has 30 heavy (non-hydrogen) atoms. The molecule has 1 fully saturated rings. The number of piperidine rings is 1. The number of hydrogen-bond donors (Lipinski definition) is 2. The van der Waals surface area contributed by atoms with Crippen LogP contribution >= 0.6 is 24.0 Å². The van der Waals surface area contributed by atoms with E-state index in [-0.39, 0.29) is 24.0 Å². The van der Waals surface area contributed by atoms with E-state index in [0.717, 1.165) is 24.8 Å². The van der Waals surface area contributed by atoms with Gasteiger partial charge in [-0.1, -0.05) is 48.4 Å². The van der Waals surface area contributed by atoms with Crippen molar-refractivity contribution in [3.8, 4) is 0 Å². The molecule has 0 unspecified atom stereocenters. The lowest BCUT2D eigenvalue weighted by atomic mass is 10.1. The fourth-order valence-electron chi connectivity index (χ4n) is 3.33. The predicted molar refractivity (Wildman–Crippen MR) is 133 cm³/mol. The Labute approximate surface area is 197 Å². The summed E-state index contributed by atoms with van der Waals surface area (Å²) in [4.78, 5) is 4.61. The predicted octanol–water partition coefficient (Wildman–Crippen LogP) is 3.65. The summed E-state index contributed by atoms with van der Waals surface area (Å²) in [5, 5.41) is 6.56. The molecule has 0 spiro atoms. The molecule has 0 bridgehead atoms. The third-order valence-corrected chi connectivity index (χ3v) is 7.05. The first-order valence-corrected chi connectivity index (χ1v) is 11.5. The molecule has 2 aromatic carbocycles. The van der Waals surface area contributed by atoms with Gasteiger partial charge in [-0.25, -0.2) is 8.42 Å². The Morgan fingerprint density at radius 1 is 0.900 bits per heavy atom. The van der Waals surface area contributed by atoms with Gasteiger partial charge in [-0.05, 0) is 43.0 Å². The zero-order valence-corrected chi connectivity index (χ0v) is 20.7. The molecule has 0 radical (unpaired) electrons. The van der Waals surface area contributed by atoms with Crippen LogP contribution in [-0.4, -0.2) is 38.8 Å². The van der Waals surface area contributed by atoms with Gasteiger partial charge in [-0.15, -0.1) is 24.0 Å². The fraction of sp³-hybridized carbons (Fsp3) is 0.409. The van der Waals surface area contributed by atoms with Crippen molar-refractivity contribution in [3.05, 3.63) is 65.2 Å². The smallest absolute Gasteiger partial charge is 0.243 e. The molecule has 3 rings (SSSR count). The molecule has 8 heteroatoms. The first kappa shape index (κ1) is 24.6. The van der Waals surface area contributed by atoms with Gasteiger partial charge in [0.2, 0.25) is 10.0 Å². The highest BCUT2D eigenvalue weighted by atomic mass is 127. The third-order valence-electron chi connectivity index (χ3n) is 5.14. The summed E-state index contributed by atoms with van der Waals surface area (Å²) >= 11 is 0. The minimum absolute atomic E-state index is 0. The Morgan fingerprint density at radius 3 is 1.90 bits per heavy atom. The van der Waals surface area contributed by atoms with Crippen molar-refractivity contribution in [1.29, 1.82) is 0 Å². The minimum atomic E-state index is -3.38. The van der Waals surface area contributed by atoms with Crippen LogP contribution in [0.1, 0.15) is 36.0 Å². The van der Waals surface area contributed by atoms with E-state index in [1.54, 1.807) is 23.5 Å². The molecular formula is C22H31IN4O2S. The second-order valence-electron chi connectivity index (χ2n) is 7.37. The van der Waals surface area contributed by atoms with Gasteiger partial charge in [0.1, 0.15) is 0 Å². The number of aliphatic imine (C=N–C) groups is 1. The first-order valence-electron chi connectivity index (χ1n) is 10.1. The maximum absolute atomic E-state index is 12.7. The number of benzene rings is 2. The monoisotopic (exact) mass is 542 g/mol. The average Bonchev–Trinajstić information content (AvgIpc) is 2.76. The van der Waals surface area contributed by atoms with Crippen molar-refractivity contribution in [1.82, 2.24) is 14.9 Å². The SMILES string of the molecule is CN=C(NCc1ccc(C)cc1)NCc1ccc(S(=O)(=O)N2CCCCC2)cc1.I.